The summed E-state index contributed by atoms with van der Waals surface area (Å²) in [5.74, 6) is 1.95. The first kappa shape index (κ1) is 10.5. The number of nitrogens with one attached hydrogen (secondary N) is 1. The second-order valence-corrected chi connectivity index (χ2v) is 4.25. The maximum Gasteiger partial charge on any atom is 0.220 e. The Morgan fingerprint density at radius 1 is 1.62 bits per heavy atom. The van der Waals surface area contributed by atoms with E-state index in [-0.39, 0.29) is 5.91 Å². The Hall–Kier alpha value is -0.570. The molecule has 1 aliphatic rings. The first-order valence-corrected chi connectivity index (χ1v) is 5.12. The molecule has 1 saturated heterocycles. The zero-order valence-electron chi connectivity index (χ0n) is 8.55. The fraction of sp³-hybridized carbons (Fsp3) is 0.900. The Balaban J connectivity index is 2.46. The average Bonchev–Trinajstić information content (AvgIpc) is 2.09. The molecule has 3 N–H and O–H groups in total. The van der Waals surface area contributed by atoms with Gasteiger partial charge in [-0.3, -0.25) is 4.79 Å². The fourth-order valence-electron chi connectivity index (χ4n) is 2.13. The normalized spacial score (nSPS) is 25.8. The van der Waals surface area contributed by atoms with Crippen LogP contribution in [-0.2, 0) is 4.79 Å². The van der Waals surface area contributed by atoms with E-state index in [1.807, 2.05) is 0 Å². The molecule has 3 nitrogen and oxygen atoms in total. The van der Waals surface area contributed by atoms with E-state index in [0.29, 0.717) is 24.2 Å². The van der Waals surface area contributed by atoms with E-state index in [0.717, 1.165) is 19.5 Å². The predicted octanol–water partition coefficient (Wildman–Crippen LogP) is 0.743. The minimum atomic E-state index is 0.191. The predicted molar refractivity (Wildman–Crippen MR) is 53.1 cm³/mol. The van der Waals surface area contributed by atoms with Crippen LogP contribution in [0.15, 0.2) is 0 Å². The SMILES string of the molecule is CC(C)C(CN)C1CCC(=O)NC1. The third-order valence-corrected chi connectivity index (χ3v) is 3.04. The first-order valence-electron chi connectivity index (χ1n) is 5.12. The van der Waals surface area contributed by atoms with E-state index in [1.165, 1.54) is 0 Å². The van der Waals surface area contributed by atoms with Crippen molar-refractivity contribution in [3.05, 3.63) is 0 Å². The first-order chi connectivity index (χ1) is 6.15. The maximum atomic E-state index is 10.9. The van der Waals surface area contributed by atoms with Gasteiger partial charge in [-0.15, -0.1) is 0 Å². The van der Waals surface area contributed by atoms with E-state index < -0.39 is 0 Å². The van der Waals surface area contributed by atoms with Crippen molar-refractivity contribution in [1.29, 1.82) is 0 Å². The fourth-order valence-corrected chi connectivity index (χ4v) is 2.13. The number of nitrogens with two attached hydrogens (primary N) is 1. The van der Waals surface area contributed by atoms with E-state index in [1.54, 1.807) is 0 Å². The van der Waals surface area contributed by atoms with Crippen LogP contribution in [0.4, 0.5) is 0 Å². The van der Waals surface area contributed by atoms with Crippen LogP contribution in [0.5, 0.6) is 0 Å². The van der Waals surface area contributed by atoms with Crippen LogP contribution in [0, 0.1) is 17.8 Å². The Labute approximate surface area is 80.1 Å². The van der Waals surface area contributed by atoms with Gasteiger partial charge < -0.3 is 11.1 Å². The molecule has 1 fully saturated rings. The summed E-state index contributed by atoms with van der Waals surface area (Å²) in [4.78, 5) is 10.9. The summed E-state index contributed by atoms with van der Waals surface area (Å²) in [7, 11) is 0. The van der Waals surface area contributed by atoms with Crippen LogP contribution in [0.2, 0.25) is 0 Å². The van der Waals surface area contributed by atoms with Crippen molar-refractivity contribution in [1.82, 2.24) is 5.32 Å². The molecule has 0 aromatic rings. The number of carbonyl (C=O) groups excluding carboxylic acids is 1. The molecule has 0 aromatic heterocycles. The lowest BCUT2D eigenvalue weighted by atomic mass is 9.79. The van der Waals surface area contributed by atoms with Crippen LogP contribution in [-0.4, -0.2) is 19.0 Å². The van der Waals surface area contributed by atoms with Crippen molar-refractivity contribution >= 4 is 5.91 Å². The number of hydrogen-bond acceptors (Lipinski definition) is 2. The largest absolute Gasteiger partial charge is 0.356 e. The molecule has 76 valence electrons. The Morgan fingerprint density at radius 2 is 2.31 bits per heavy atom. The molecule has 0 aromatic carbocycles. The standard InChI is InChI=1S/C10H20N2O/c1-7(2)9(5-11)8-3-4-10(13)12-6-8/h7-9H,3-6,11H2,1-2H3,(H,12,13). The number of hydrogen-bond donors (Lipinski definition) is 2. The number of amides is 1. The van der Waals surface area contributed by atoms with Crippen LogP contribution in [0.1, 0.15) is 26.7 Å². The molecule has 1 rings (SSSR count). The van der Waals surface area contributed by atoms with Gasteiger partial charge >= 0.3 is 0 Å². The highest BCUT2D eigenvalue weighted by atomic mass is 16.1. The van der Waals surface area contributed by atoms with E-state index in [9.17, 15) is 4.79 Å². The van der Waals surface area contributed by atoms with Crippen molar-refractivity contribution in [2.24, 2.45) is 23.5 Å². The minimum absolute atomic E-state index is 0.191. The van der Waals surface area contributed by atoms with Gasteiger partial charge in [0.2, 0.25) is 5.91 Å². The molecule has 0 saturated carbocycles. The van der Waals surface area contributed by atoms with Crippen molar-refractivity contribution in [2.75, 3.05) is 13.1 Å². The van der Waals surface area contributed by atoms with Gasteiger partial charge in [-0.05, 0) is 30.7 Å². The highest BCUT2D eigenvalue weighted by molar-refractivity contribution is 5.76. The number of carbonyl (C=O) groups is 1. The summed E-state index contributed by atoms with van der Waals surface area (Å²) < 4.78 is 0. The van der Waals surface area contributed by atoms with Crippen LogP contribution < -0.4 is 11.1 Å². The minimum Gasteiger partial charge on any atom is -0.356 e. The molecular formula is C10H20N2O. The van der Waals surface area contributed by atoms with Gasteiger partial charge in [0.1, 0.15) is 0 Å². The topological polar surface area (TPSA) is 55.1 Å². The zero-order chi connectivity index (χ0) is 9.84. The van der Waals surface area contributed by atoms with E-state index >= 15 is 0 Å². The lowest BCUT2D eigenvalue weighted by Crippen LogP contribution is -2.41. The summed E-state index contributed by atoms with van der Waals surface area (Å²) in [6.07, 6.45) is 1.68. The highest BCUT2D eigenvalue weighted by Crippen LogP contribution is 2.25. The third kappa shape index (κ3) is 2.69. The molecule has 3 heteroatoms. The van der Waals surface area contributed by atoms with Crippen molar-refractivity contribution in [3.8, 4) is 0 Å². The Kier molecular flexibility index (Phi) is 3.72. The van der Waals surface area contributed by atoms with Crippen LogP contribution >= 0.6 is 0 Å². The van der Waals surface area contributed by atoms with Crippen molar-refractivity contribution in [3.63, 3.8) is 0 Å². The monoisotopic (exact) mass is 184 g/mol. The van der Waals surface area contributed by atoms with E-state index in [4.69, 9.17) is 5.73 Å². The van der Waals surface area contributed by atoms with Gasteiger partial charge in [-0.2, -0.15) is 0 Å². The van der Waals surface area contributed by atoms with Crippen LogP contribution in [0.25, 0.3) is 0 Å². The van der Waals surface area contributed by atoms with Gasteiger partial charge in [-0.25, -0.2) is 0 Å². The average molecular weight is 184 g/mol. The highest BCUT2D eigenvalue weighted by Gasteiger charge is 2.26. The molecule has 0 radical (unpaired) electrons. The molecule has 0 spiro atoms. The lowest BCUT2D eigenvalue weighted by molar-refractivity contribution is -0.123. The molecule has 0 bridgehead atoms. The van der Waals surface area contributed by atoms with Gasteiger partial charge in [0.05, 0.1) is 0 Å². The second-order valence-electron chi connectivity index (χ2n) is 4.25. The smallest absolute Gasteiger partial charge is 0.220 e. The summed E-state index contributed by atoms with van der Waals surface area (Å²) in [6.45, 7) is 5.96. The van der Waals surface area contributed by atoms with Gasteiger partial charge in [0.15, 0.2) is 0 Å². The lowest BCUT2D eigenvalue weighted by Gasteiger charge is -2.32. The second kappa shape index (κ2) is 4.61. The summed E-state index contributed by atoms with van der Waals surface area (Å²) in [5, 5.41) is 2.91. The maximum absolute atomic E-state index is 10.9. The molecule has 2 atom stereocenters. The number of piperidine rings is 1. The van der Waals surface area contributed by atoms with Gasteiger partial charge in [0, 0.05) is 13.0 Å². The van der Waals surface area contributed by atoms with Gasteiger partial charge in [0.25, 0.3) is 0 Å². The summed E-state index contributed by atoms with van der Waals surface area (Å²) >= 11 is 0. The van der Waals surface area contributed by atoms with Gasteiger partial charge in [-0.1, -0.05) is 13.8 Å². The number of rotatable bonds is 3. The summed E-state index contributed by atoms with van der Waals surface area (Å²) in [5.41, 5.74) is 5.73. The molecular weight excluding hydrogens is 164 g/mol. The molecule has 2 unspecified atom stereocenters. The molecule has 1 heterocycles. The Bertz CT molecular complexity index is 170. The molecule has 13 heavy (non-hydrogen) atoms. The molecule has 1 aliphatic heterocycles. The van der Waals surface area contributed by atoms with Crippen molar-refractivity contribution in [2.45, 2.75) is 26.7 Å². The van der Waals surface area contributed by atoms with Crippen LogP contribution in [0.3, 0.4) is 0 Å². The van der Waals surface area contributed by atoms with E-state index in [2.05, 4.69) is 19.2 Å². The zero-order valence-corrected chi connectivity index (χ0v) is 8.55. The quantitative estimate of drug-likeness (QED) is 0.680. The third-order valence-electron chi connectivity index (χ3n) is 3.04. The molecule has 0 aliphatic carbocycles. The molecule has 1 amide bonds. The Morgan fingerprint density at radius 3 is 2.69 bits per heavy atom. The summed E-state index contributed by atoms with van der Waals surface area (Å²) in [6, 6.07) is 0. The van der Waals surface area contributed by atoms with Crippen molar-refractivity contribution < 1.29 is 4.79 Å².